The zero-order valence-corrected chi connectivity index (χ0v) is 12.2. The molecular weight excluding hydrogens is 306 g/mol. The van der Waals surface area contributed by atoms with Crippen molar-refractivity contribution in [2.24, 2.45) is 0 Å². The summed E-state index contributed by atoms with van der Waals surface area (Å²) < 4.78 is 12.1. The molecule has 1 atom stereocenters. The molecule has 19 heavy (non-hydrogen) atoms. The van der Waals surface area contributed by atoms with Gasteiger partial charge in [0, 0.05) is 35.5 Å². The first kappa shape index (κ1) is 12.8. The minimum Gasteiger partial charge on any atom is -0.493 e. The molecule has 1 unspecified atom stereocenters. The standard InChI is InChI=1S/C15H16BrNO2/c16-11-3-4-15-13(10-11)14(6-9-19-15)17-7-5-12-2-1-8-18-12/h1-4,8,10,14,17H,5-7,9H2. The lowest BCUT2D eigenvalue weighted by Gasteiger charge is -2.27. The molecule has 3 nitrogen and oxygen atoms in total. The molecule has 0 saturated carbocycles. The number of ether oxygens (including phenoxy) is 1. The third-order valence-corrected chi connectivity index (χ3v) is 3.85. The summed E-state index contributed by atoms with van der Waals surface area (Å²) in [5.74, 6) is 2.01. The zero-order chi connectivity index (χ0) is 13.1. The van der Waals surface area contributed by atoms with Gasteiger partial charge in [-0.3, -0.25) is 0 Å². The number of halogens is 1. The number of furan rings is 1. The van der Waals surface area contributed by atoms with Crippen LogP contribution in [0.1, 0.15) is 23.8 Å². The molecule has 1 aromatic carbocycles. The second-order valence-electron chi connectivity index (χ2n) is 4.66. The van der Waals surface area contributed by atoms with E-state index in [1.807, 2.05) is 24.3 Å². The van der Waals surface area contributed by atoms with Crippen molar-refractivity contribution in [3.8, 4) is 5.75 Å². The molecule has 0 radical (unpaired) electrons. The minimum atomic E-state index is 0.358. The van der Waals surface area contributed by atoms with Crippen LogP contribution in [-0.4, -0.2) is 13.2 Å². The van der Waals surface area contributed by atoms with E-state index in [2.05, 4.69) is 27.3 Å². The largest absolute Gasteiger partial charge is 0.493 e. The van der Waals surface area contributed by atoms with E-state index in [4.69, 9.17) is 9.15 Å². The maximum atomic E-state index is 5.68. The highest BCUT2D eigenvalue weighted by Gasteiger charge is 2.21. The second-order valence-corrected chi connectivity index (χ2v) is 5.57. The molecule has 0 bridgehead atoms. The van der Waals surface area contributed by atoms with E-state index in [-0.39, 0.29) is 0 Å². The second kappa shape index (κ2) is 5.80. The van der Waals surface area contributed by atoms with E-state index < -0.39 is 0 Å². The predicted molar refractivity (Wildman–Crippen MR) is 77.4 cm³/mol. The number of hydrogen-bond acceptors (Lipinski definition) is 3. The third-order valence-electron chi connectivity index (χ3n) is 3.35. The van der Waals surface area contributed by atoms with Crippen molar-refractivity contribution in [3.63, 3.8) is 0 Å². The first-order valence-electron chi connectivity index (χ1n) is 6.51. The highest BCUT2D eigenvalue weighted by Crippen LogP contribution is 2.33. The van der Waals surface area contributed by atoms with E-state index in [9.17, 15) is 0 Å². The summed E-state index contributed by atoms with van der Waals surface area (Å²) in [7, 11) is 0. The van der Waals surface area contributed by atoms with Gasteiger partial charge in [-0.25, -0.2) is 0 Å². The average molecular weight is 322 g/mol. The van der Waals surface area contributed by atoms with Gasteiger partial charge in [-0.05, 0) is 30.3 Å². The van der Waals surface area contributed by atoms with Gasteiger partial charge in [-0.1, -0.05) is 15.9 Å². The molecule has 0 spiro atoms. The van der Waals surface area contributed by atoms with E-state index in [0.717, 1.165) is 42.0 Å². The van der Waals surface area contributed by atoms with Gasteiger partial charge in [-0.15, -0.1) is 0 Å². The molecule has 3 rings (SSSR count). The van der Waals surface area contributed by atoms with Crippen LogP contribution in [-0.2, 0) is 6.42 Å². The van der Waals surface area contributed by atoms with Crippen LogP contribution in [0.25, 0.3) is 0 Å². The van der Waals surface area contributed by atoms with Gasteiger partial charge in [-0.2, -0.15) is 0 Å². The van der Waals surface area contributed by atoms with Crippen molar-refractivity contribution in [1.82, 2.24) is 5.32 Å². The number of rotatable bonds is 4. The van der Waals surface area contributed by atoms with Crippen molar-refractivity contribution in [2.75, 3.05) is 13.2 Å². The fourth-order valence-electron chi connectivity index (χ4n) is 2.40. The normalized spacial score (nSPS) is 17.8. The smallest absolute Gasteiger partial charge is 0.124 e. The van der Waals surface area contributed by atoms with E-state index in [1.165, 1.54) is 5.56 Å². The number of nitrogens with one attached hydrogen (secondary N) is 1. The average Bonchev–Trinajstić information content (AvgIpc) is 2.92. The molecule has 1 aliphatic rings. The minimum absolute atomic E-state index is 0.358. The van der Waals surface area contributed by atoms with Crippen molar-refractivity contribution in [3.05, 3.63) is 52.4 Å². The Labute approximate surface area is 121 Å². The zero-order valence-electron chi connectivity index (χ0n) is 10.6. The third kappa shape index (κ3) is 3.01. The molecule has 0 saturated heterocycles. The summed E-state index contributed by atoms with van der Waals surface area (Å²) >= 11 is 3.52. The van der Waals surface area contributed by atoms with Gasteiger partial charge < -0.3 is 14.5 Å². The Kier molecular flexibility index (Phi) is 3.89. The first-order valence-corrected chi connectivity index (χ1v) is 7.30. The van der Waals surface area contributed by atoms with E-state index >= 15 is 0 Å². The SMILES string of the molecule is Brc1ccc2c(c1)C(NCCc1ccco1)CCO2. The van der Waals surface area contributed by atoms with Crippen molar-refractivity contribution in [2.45, 2.75) is 18.9 Å². The van der Waals surface area contributed by atoms with Gasteiger partial charge in [0.15, 0.2) is 0 Å². The van der Waals surface area contributed by atoms with Crippen LogP contribution in [0.3, 0.4) is 0 Å². The number of fused-ring (bicyclic) bond motifs is 1. The lowest BCUT2D eigenvalue weighted by Crippen LogP contribution is -2.28. The van der Waals surface area contributed by atoms with Gasteiger partial charge in [0.05, 0.1) is 12.9 Å². The Morgan fingerprint density at radius 3 is 3.11 bits per heavy atom. The molecular formula is C15H16BrNO2. The Balaban J connectivity index is 1.64. The Hall–Kier alpha value is -1.26. The lowest BCUT2D eigenvalue weighted by atomic mass is 10.0. The maximum absolute atomic E-state index is 5.68. The van der Waals surface area contributed by atoms with Crippen LogP contribution in [0.4, 0.5) is 0 Å². The van der Waals surface area contributed by atoms with Gasteiger partial charge >= 0.3 is 0 Å². The molecule has 0 fully saturated rings. The molecule has 1 N–H and O–H groups in total. The first-order chi connectivity index (χ1) is 9.33. The summed E-state index contributed by atoms with van der Waals surface area (Å²) in [6.45, 7) is 1.68. The highest BCUT2D eigenvalue weighted by molar-refractivity contribution is 9.10. The topological polar surface area (TPSA) is 34.4 Å². The van der Waals surface area contributed by atoms with E-state index in [0.29, 0.717) is 6.04 Å². The van der Waals surface area contributed by atoms with Gasteiger partial charge in [0.25, 0.3) is 0 Å². The highest BCUT2D eigenvalue weighted by atomic mass is 79.9. The van der Waals surface area contributed by atoms with Gasteiger partial charge in [0.2, 0.25) is 0 Å². The van der Waals surface area contributed by atoms with Crippen molar-refractivity contribution < 1.29 is 9.15 Å². The molecule has 100 valence electrons. The number of benzene rings is 1. The summed E-state index contributed by atoms with van der Waals surface area (Å²) in [6, 6.07) is 10.5. The fraction of sp³-hybridized carbons (Fsp3) is 0.333. The van der Waals surface area contributed by atoms with Crippen LogP contribution < -0.4 is 10.1 Å². The summed E-state index contributed by atoms with van der Waals surface area (Å²) in [5, 5.41) is 3.58. The Bertz CT molecular complexity index is 539. The Morgan fingerprint density at radius 2 is 2.26 bits per heavy atom. The number of hydrogen-bond donors (Lipinski definition) is 1. The van der Waals surface area contributed by atoms with E-state index in [1.54, 1.807) is 6.26 Å². The molecule has 1 aliphatic heterocycles. The van der Waals surface area contributed by atoms with Crippen LogP contribution in [0.5, 0.6) is 5.75 Å². The van der Waals surface area contributed by atoms with Crippen molar-refractivity contribution in [1.29, 1.82) is 0 Å². The molecule has 0 amide bonds. The van der Waals surface area contributed by atoms with Crippen LogP contribution >= 0.6 is 15.9 Å². The van der Waals surface area contributed by atoms with Crippen LogP contribution in [0.2, 0.25) is 0 Å². The van der Waals surface area contributed by atoms with Crippen LogP contribution in [0, 0.1) is 0 Å². The van der Waals surface area contributed by atoms with Crippen molar-refractivity contribution >= 4 is 15.9 Å². The maximum Gasteiger partial charge on any atom is 0.124 e. The quantitative estimate of drug-likeness (QED) is 0.932. The predicted octanol–water partition coefficient (Wildman–Crippen LogP) is 3.70. The lowest BCUT2D eigenvalue weighted by molar-refractivity contribution is 0.252. The van der Waals surface area contributed by atoms with Gasteiger partial charge in [0.1, 0.15) is 11.5 Å². The summed E-state index contributed by atoms with van der Waals surface area (Å²) in [4.78, 5) is 0. The summed E-state index contributed by atoms with van der Waals surface area (Å²) in [5.41, 5.74) is 1.24. The molecule has 1 aromatic heterocycles. The van der Waals surface area contributed by atoms with Crippen LogP contribution in [0.15, 0.2) is 45.5 Å². The molecule has 2 heterocycles. The molecule has 4 heteroatoms. The molecule has 0 aliphatic carbocycles. The summed E-state index contributed by atoms with van der Waals surface area (Å²) in [6.07, 6.45) is 3.63. The Morgan fingerprint density at radius 1 is 1.32 bits per heavy atom. The fourth-order valence-corrected chi connectivity index (χ4v) is 2.78. The molecule has 2 aromatic rings. The monoisotopic (exact) mass is 321 g/mol.